The maximum absolute atomic E-state index is 13.5. The molecular weight excluding hydrogens is 464 g/mol. The minimum absolute atomic E-state index is 0.129. The second-order valence-corrected chi connectivity index (χ2v) is 18.2. The average molecular weight is 497 g/mol. The van der Waals surface area contributed by atoms with Gasteiger partial charge in [0.25, 0.3) is 0 Å². The number of aromatic nitrogens is 1. The number of nitrogens with one attached hydrogen (secondary N) is 1. The standard InChI is InChI=1S/C22H32N2O5S2Si/c1-16-17(2)23-29-21(16)24-31(26,27)20-10-12-30-22(20,15-28-11-13-32(3,4)5)14-18-8-6-7-9-19(18)25/h6-10,12,20,24-25H,11,13-15H2,1-5H3. The van der Waals surface area contributed by atoms with Crippen LogP contribution >= 0.6 is 11.8 Å². The van der Waals surface area contributed by atoms with E-state index in [2.05, 4.69) is 29.5 Å². The molecule has 0 radical (unpaired) electrons. The molecule has 2 unspecified atom stereocenters. The molecule has 176 valence electrons. The van der Waals surface area contributed by atoms with Crippen LogP contribution in [-0.4, -0.2) is 50.0 Å². The molecule has 0 saturated heterocycles. The van der Waals surface area contributed by atoms with E-state index in [4.69, 9.17) is 9.26 Å². The number of ether oxygens (including phenoxy) is 1. The van der Waals surface area contributed by atoms with Crippen molar-refractivity contribution in [1.29, 1.82) is 0 Å². The Morgan fingerprint density at radius 2 is 2.00 bits per heavy atom. The molecule has 32 heavy (non-hydrogen) atoms. The fraction of sp³-hybridized carbons (Fsp3) is 0.500. The number of rotatable bonds is 10. The van der Waals surface area contributed by atoms with Crippen LogP contribution in [0.2, 0.25) is 25.7 Å². The number of nitrogens with zero attached hydrogens (tertiary/aromatic N) is 1. The summed E-state index contributed by atoms with van der Waals surface area (Å²) < 4.78 is 40.0. The molecule has 1 aromatic heterocycles. The lowest BCUT2D eigenvalue weighted by molar-refractivity contribution is 0.123. The van der Waals surface area contributed by atoms with Crippen LogP contribution in [0.25, 0.3) is 0 Å². The molecule has 2 N–H and O–H groups in total. The predicted octanol–water partition coefficient (Wildman–Crippen LogP) is 4.70. The van der Waals surface area contributed by atoms with Crippen molar-refractivity contribution in [1.82, 2.24) is 5.16 Å². The molecule has 1 aromatic carbocycles. The van der Waals surface area contributed by atoms with Crippen molar-refractivity contribution in [3.63, 3.8) is 0 Å². The molecule has 0 amide bonds. The lowest BCUT2D eigenvalue weighted by Gasteiger charge is -2.34. The third kappa shape index (κ3) is 5.78. The predicted molar refractivity (Wildman–Crippen MR) is 133 cm³/mol. The zero-order chi connectivity index (χ0) is 23.6. The Balaban J connectivity index is 1.89. The Morgan fingerprint density at radius 1 is 1.28 bits per heavy atom. The van der Waals surface area contributed by atoms with E-state index in [1.54, 1.807) is 32.1 Å². The second kappa shape index (κ2) is 9.62. The Hall–Kier alpha value is -1.75. The highest BCUT2D eigenvalue weighted by molar-refractivity contribution is 8.05. The molecule has 0 saturated carbocycles. The molecule has 2 atom stereocenters. The van der Waals surface area contributed by atoms with E-state index in [1.807, 2.05) is 17.5 Å². The molecule has 0 bridgehead atoms. The van der Waals surface area contributed by atoms with Crippen LogP contribution in [0.1, 0.15) is 16.8 Å². The van der Waals surface area contributed by atoms with Gasteiger partial charge in [0.15, 0.2) is 0 Å². The highest BCUT2D eigenvalue weighted by Crippen LogP contribution is 2.45. The van der Waals surface area contributed by atoms with E-state index in [1.165, 1.54) is 11.8 Å². The van der Waals surface area contributed by atoms with E-state index in [0.29, 0.717) is 29.8 Å². The van der Waals surface area contributed by atoms with Gasteiger partial charge in [0.1, 0.15) is 11.0 Å². The third-order valence-corrected chi connectivity index (χ3v) is 10.5. The number of hydrogen-bond donors (Lipinski definition) is 2. The Bertz CT molecular complexity index is 1080. The highest BCUT2D eigenvalue weighted by atomic mass is 32.2. The zero-order valence-corrected chi connectivity index (χ0v) is 21.8. The topological polar surface area (TPSA) is 102 Å². The lowest BCUT2D eigenvalue weighted by Crippen LogP contribution is -2.48. The first-order chi connectivity index (χ1) is 14.9. The average Bonchev–Trinajstić information content (AvgIpc) is 3.26. The summed E-state index contributed by atoms with van der Waals surface area (Å²) in [6.07, 6.45) is 2.03. The normalized spacial score (nSPS) is 21.2. The summed E-state index contributed by atoms with van der Waals surface area (Å²) in [6.45, 7) is 11.2. The number of phenolic OH excluding ortho intramolecular Hbond substituents is 1. The van der Waals surface area contributed by atoms with E-state index < -0.39 is 28.1 Å². The SMILES string of the molecule is Cc1noc(NS(=O)(=O)C2C=CSC2(COCC[Si](C)(C)C)Cc2ccccc2O)c1C. The van der Waals surface area contributed by atoms with Gasteiger partial charge in [-0.15, -0.1) is 11.8 Å². The Labute approximate surface area is 195 Å². The maximum Gasteiger partial charge on any atom is 0.243 e. The number of sulfonamides is 1. The molecule has 2 heterocycles. The summed E-state index contributed by atoms with van der Waals surface area (Å²) >= 11 is 1.44. The molecule has 1 aliphatic heterocycles. The van der Waals surface area contributed by atoms with Crippen LogP contribution in [0.5, 0.6) is 5.75 Å². The van der Waals surface area contributed by atoms with Gasteiger partial charge in [0.05, 0.1) is 17.0 Å². The van der Waals surface area contributed by atoms with E-state index >= 15 is 0 Å². The summed E-state index contributed by atoms with van der Waals surface area (Å²) in [7, 11) is -5.16. The fourth-order valence-electron chi connectivity index (χ4n) is 3.49. The minimum Gasteiger partial charge on any atom is -0.508 e. The van der Waals surface area contributed by atoms with Crippen molar-refractivity contribution in [3.05, 3.63) is 52.6 Å². The number of thioether (sulfide) groups is 1. The van der Waals surface area contributed by atoms with Gasteiger partial charge in [-0.3, -0.25) is 4.72 Å². The smallest absolute Gasteiger partial charge is 0.243 e. The largest absolute Gasteiger partial charge is 0.508 e. The van der Waals surface area contributed by atoms with Gasteiger partial charge in [-0.1, -0.05) is 49.1 Å². The van der Waals surface area contributed by atoms with Crippen molar-refractivity contribution < 1.29 is 22.8 Å². The summed E-state index contributed by atoms with van der Waals surface area (Å²) in [6, 6.07) is 8.01. The van der Waals surface area contributed by atoms with Gasteiger partial charge in [0, 0.05) is 20.2 Å². The van der Waals surface area contributed by atoms with Crippen LogP contribution in [0.3, 0.4) is 0 Å². The van der Waals surface area contributed by atoms with Gasteiger partial charge < -0.3 is 14.4 Å². The van der Waals surface area contributed by atoms with Gasteiger partial charge in [-0.05, 0) is 43.4 Å². The van der Waals surface area contributed by atoms with E-state index in [-0.39, 0.29) is 18.2 Å². The molecule has 0 fully saturated rings. The lowest BCUT2D eigenvalue weighted by atomic mass is 9.95. The molecule has 0 spiro atoms. The Kier molecular flexibility index (Phi) is 7.48. The van der Waals surface area contributed by atoms with Crippen LogP contribution < -0.4 is 4.72 Å². The highest BCUT2D eigenvalue weighted by Gasteiger charge is 2.49. The second-order valence-electron chi connectivity index (χ2n) is 9.47. The number of phenols is 1. The fourth-order valence-corrected chi connectivity index (χ4v) is 7.58. The van der Waals surface area contributed by atoms with Gasteiger partial charge >= 0.3 is 0 Å². The molecule has 3 rings (SSSR count). The molecule has 10 heteroatoms. The minimum atomic E-state index is -3.87. The van der Waals surface area contributed by atoms with Crippen LogP contribution in [-0.2, 0) is 21.2 Å². The first kappa shape index (κ1) is 24.9. The summed E-state index contributed by atoms with van der Waals surface area (Å²) in [5.74, 6) is 0.274. The number of aryl methyl sites for hydroxylation is 1. The first-order valence-electron chi connectivity index (χ1n) is 10.6. The quantitative estimate of drug-likeness (QED) is 0.363. The van der Waals surface area contributed by atoms with Gasteiger partial charge in [-0.2, -0.15) is 0 Å². The monoisotopic (exact) mass is 496 g/mol. The number of para-hydroxylation sites is 1. The first-order valence-corrected chi connectivity index (χ1v) is 16.7. The number of benzene rings is 1. The van der Waals surface area contributed by atoms with Crippen LogP contribution in [0, 0.1) is 13.8 Å². The molecule has 2 aromatic rings. The molecule has 7 nitrogen and oxygen atoms in total. The van der Waals surface area contributed by atoms with E-state index in [0.717, 1.165) is 6.04 Å². The van der Waals surface area contributed by atoms with Gasteiger partial charge in [-0.25, -0.2) is 8.42 Å². The molecule has 1 aliphatic rings. The van der Waals surface area contributed by atoms with Crippen molar-refractivity contribution in [2.24, 2.45) is 0 Å². The van der Waals surface area contributed by atoms with Gasteiger partial charge in [0.2, 0.25) is 15.9 Å². The van der Waals surface area contributed by atoms with Crippen molar-refractivity contribution in [2.45, 2.75) is 56.0 Å². The van der Waals surface area contributed by atoms with Crippen LogP contribution in [0.15, 0.2) is 40.3 Å². The summed E-state index contributed by atoms with van der Waals surface area (Å²) in [5.41, 5.74) is 1.97. The van der Waals surface area contributed by atoms with Crippen molar-refractivity contribution in [2.75, 3.05) is 17.9 Å². The van der Waals surface area contributed by atoms with E-state index in [9.17, 15) is 13.5 Å². The maximum atomic E-state index is 13.5. The number of hydrogen-bond acceptors (Lipinski definition) is 7. The molecular formula is C22H32N2O5S2Si. The zero-order valence-electron chi connectivity index (χ0n) is 19.2. The third-order valence-electron chi connectivity index (χ3n) is 5.63. The summed E-state index contributed by atoms with van der Waals surface area (Å²) in [4.78, 5) is 0. The number of aromatic hydroxyl groups is 1. The van der Waals surface area contributed by atoms with Crippen molar-refractivity contribution >= 4 is 35.7 Å². The molecule has 0 aliphatic carbocycles. The Morgan fingerprint density at radius 3 is 2.62 bits per heavy atom. The summed E-state index contributed by atoms with van der Waals surface area (Å²) in [5, 5.41) is 15.2. The number of anilines is 1. The van der Waals surface area contributed by atoms with Crippen molar-refractivity contribution in [3.8, 4) is 5.75 Å². The van der Waals surface area contributed by atoms with Crippen LogP contribution in [0.4, 0.5) is 5.88 Å².